The maximum atomic E-state index is 13.1. The highest BCUT2D eigenvalue weighted by molar-refractivity contribution is 6.05. The molecular weight excluding hydrogens is 554 g/mol. The molecule has 2 aromatic heterocycles. The average molecular weight is 594 g/mol. The van der Waals surface area contributed by atoms with Crippen LogP contribution in [0.5, 0.6) is 11.5 Å². The van der Waals surface area contributed by atoms with Crippen molar-refractivity contribution in [1.29, 1.82) is 0 Å². The molecule has 0 saturated carbocycles. The highest BCUT2D eigenvalue weighted by atomic mass is 16.3. The third-order valence-corrected chi connectivity index (χ3v) is 8.59. The van der Waals surface area contributed by atoms with Crippen LogP contribution in [0.3, 0.4) is 0 Å². The van der Waals surface area contributed by atoms with Gasteiger partial charge in [-0.3, -0.25) is 9.36 Å². The summed E-state index contributed by atoms with van der Waals surface area (Å²) in [6, 6.07) is 16.5. The lowest BCUT2D eigenvalue weighted by molar-refractivity contribution is 0.102. The number of piperazine rings is 1. The van der Waals surface area contributed by atoms with Crippen LogP contribution in [0.25, 0.3) is 16.6 Å². The van der Waals surface area contributed by atoms with Crippen LogP contribution >= 0.6 is 0 Å². The molecule has 10 heteroatoms. The molecule has 1 aliphatic heterocycles. The Kier molecular flexibility index (Phi) is 8.28. The highest BCUT2D eigenvalue weighted by Crippen LogP contribution is 2.35. The average Bonchev–Trinajstić information content (AvgIpc) is 3.61. The van der Waals surface area contributed by atoms with Gasteiger partial charge in [-0.25, -0.2) is 4.98 Å². The van der Waals surface area contributed by atoms with Crippen LogP contribution in [-0.2, 0) is 6.54 Å². The Bertz CT molecular complexity index is 1760. The number of carbonyl (C=O) groups is 1. The first-order valence-corrected chi connectivity index (χ1v) is 15.0. The van der Waals surface area contributed by atoms with Gasteiger partial charge in [-0.05, 0) is 75.8 Å². The predicted octanol–water partition coefficient (Wildman–Crippen LogP) is 5.49. The van der Waals surface area contributed by atoms with E-state index in [0.717, 1.165) is 57.1 Å². The second-order valence-corrected chi connectivity index (χ2v) is 11.6. The first-order chi connectivity index (χ1) is 21.3. The van der Waals surface area contributed by atoms with Gasteiger partial charge in [0.25, 0.3) is 5.91 Å². The van der Waals surface area contributed by atoms with E-state index in [9.17, 15) is 15.0 Å². The van der Waals surface area contributed by atoms with Crippen molar-refractivity contribution in [2.24, 2.45) is 0 Å². The summed E-state index contributed by atoms with van der Waals surface area (Å²) in [5.41, 5.74) is 6.43. The topological polar surface area (TPSA) is 111 Å². The molecule has 0 aliphatic carbocycles. The second kappa shape index (κ2) is 12.4. The molecule has 1 saturated heterocycles. The molecule has 44 heavy (non-hydrogen) atoms. The zero-order valence-corrected chi connectivity index (χ0v) is 25.4. The van der Waals surface area contributed by atoms with Gasteiger partial charge in [-0.2, -0.15) is 0 Å². The van der Waals surface area contributed by atoms with E-state index in [1.165, 1.54) is 45.2 Å². The minimum absolute atomic E-state index is 0.182. The molecule has 1 fully saturated rings. The SMILES string of the molecule is Cc1c(C)n(CCCN2CCN(C)CC2)c2ccc(Nc3cccc(C(=O)Nc4cc(O)c(-n5ccnc5)c(O)c4)c3)cc12. The minimum atomic E-state index is -0.363. The number of phenols is 2. The first kappa shape index (κ1) is 29.3. The number of anilines is 3. The van der Waals surface area contributed by atoms with E-state index in [2.05, 4.69) is 69.1 Å². The third kappa shape index (κ3) is 6.13. The van der Waals surface area contributed by atoms with Crippen molar-refractivity contribution in [3.63, 3.8) is 0 Å². The molecule has 10 nitrogen and oxygen atoms in total. The van der Waals surface area contributed by atoms with E-state index in [0.29, 0.717) is 5.56 Å². The zero-order valence-electron chi connectivity index (χ0n) is 25.4. The van der Waals surface area contributed by atoms with Crippen molar-refractivity contribution in [2.45, 2.75) is 26.8 Å². The van der Waals surface area contributed by atoms with Crippen LogP contribution in [0.2, 0.25) is 0 Å². The summed E-state index contributed by atoms with van der Waals surface area (Å²) in [5.74, 6) is -0.726. The third-order valence-electron chi connectivity index (χ3n) is 8.59. The molecule has 0 radical (unpaired) electrons. The number of amides is 1. The van der Waals surface area contributed by atoms with Gasteiger partial charge in [0.15, 0.2) is 0 Å². The molecule has 3 aromatic carbocycles. The maximum Gasteiger partial charge on any atom is 0.255 e. The molecule has 3 heterocycles. The van der Waals surface area contributed by atoms with Gasteiger partial charge < -0.3 is 35.2 Å². The van der Waals surface area contributed by atoms with Crippen LogP contribution in [0.4, 0.5) is 17.1 Å². The van der Waals surface area contributed by atoms with Crippen molar-refractivity contribution < 1.29 is 15.0 Å². The summed E-state index contributed by atoms with van der Waals surface area (Å²) in [6.45, 7) is 11.1. The largest absolute Gasteiger partial charge is 0.506 e. The van der Waals surface area contributed by atoms with Crippen LogP contribution < -0.4 is 10.6 Å². The van der Waals surface area contributed by atoms with Gasteiger partial charge in [0, 0.05) is 96.5 Å². The summed E-state index contributed by atoms with van der Waals surface area (Å²) >= 11 is 0. The van der Waals surface area contributed by atoms with Crippen molar-refractivity contribution in [2.75, 3.05) is 50.4 Å². The minimum Gasteiger partial charge on any atom is -0.506 e. The Morgan fingerprint density at radius 2 is 1.66 bits per heavy atom. The predicted molar refractivity (Wildman–Crippen MR) is 175 cm³/mol. The van der Waals surface area contributed by atoms with E-state index in [-0.39, 0.29) is 28.8 Å². The smallest absolute Gasteiger partial charge is 0.255 e. The number of nitrogens with one attached hydrogen (secondary N) is 2. The Labute approximate surface area is 257 Å². The number of imidazole rings is 1. The Morgan fingerprint density at radius 3 is 2.39 bits per heavy atom. The Hall–Kier alpha value is -4.80. The summed E-state index contributed by atoms with van der Waals surface area (Å²) in [6.07, 6.45) is 5.75. The summed E-state index contributed by atoms with van der Waals surface area (Å²) in [5, 5.41) is 28.4. The number of hydrogen-bond donors (Lipinski definition) is 4. The monoisotopic (exact) mass is 593 g/mol. The normalized spacial score (nSPS) is 14.2. The molecule has 1 aliphatic rings. The fraction of sp³-hybridized carbons (Fsp3) is 0.294. The van der Waals surface area contributed by atoms with Gasteiger partial charge in [-0.1, -0.05) is 6.07 Å². The number of carbonyl (C=O) groups excluding carboxylic acids is 1. The summed E-state index contributed by atoms with van der Waals surface area (Å²) < 4.78 is 3.93. The molecule has 228 valence electrons. The number of aryl methyl sites for hydroxylation is 2. The number of benzene rings is 3. The van der Waals surface area contributed by atoms with Crippen LogP contribution in [0.1, 0.15) is 28.0 Å². The number of phenolic OH excluding ortho intramolecular Hbond substituents is 2. The lowest BCUT2D eigenvalue weighted by atomic mass is 10.1. The van der Waals surface area contributed by atoms with E-state index < -0.39 is 0 Å². The maximum absolute atomic E-state index is 13.1. The molecule has 4 N–H and O–H groups in total. The summed E-state index contributed by atoms with van der Waals surface area (Å²) in [4.78, 5) is 22.0. The van der Waals surface area contributed by atoms with Gasteiger partial charge in [0.05, 0.1) is 6.33 Å². The van der Waals surface area contributed by atoms with E-state index in [1.807, 2.05) is 12.1 Å². The second-order valence-electron chi connectivity index (χ2n) is 11.6. The van der Waals surface area contributed by atoms with Gasteiger partial charge >= 0.3 is 0 Å². The number of hydrogen-bond acceptors (Lipinski definition) is 7. The van der Waals surface area contributed by atoms with Crippen molar-refractivity contribution >= 4 is 33.9 Å². The number of nitrogens with zero attached hydrogens (tertiary/aromatic N) is 5. The molecule has 0 atom stereocenters. The molecule has 6 rings (SSSR count). The van der Waals surface area contributed by atoms with Crippen molar-refractivity contribution in [1.82, 2.24) is 23.9 Å². The first-order valence-electron chi connectivity index (χ1n) is 15.0. The Morgan fingerprint density at radius 1 is 0.909 bits per heavy atom. The lowest BCUT2D eigenvalue weighted by Crippen LogP contribution is -2.44. The number of rotatable bonds is 9. The van der Waals surface area contributed by atoms with Crippen molar-refractivity contribution in [3.8, 4) is 17.2 Å². The van der Waals surface area contributed by atoms with Gasteiger partial charge in [0.2, 0.25) is 0 Å². The lowest BCUT2D eigenvalue weighted by Gasteiger charge is -2.32. The fourth-order valence-electron chi connectivity index (χ4n) is 5.98. The number of fused-ring (bicyclic) bond motifs is 1. The fourth-order valence-corrected chi connectivity index (χ4v) is 5.98. The van der Waals surface area contributed by atoms with Gasteiger partial charge in [0.1, 0.15) is 17.2 Å². The number of aromatic nitrogens is 3. The quantitative estimate of drug-likeness (QED) is 0.179. The van der Waals surface area contributed by atoms with E-state index >= 15 is 0 Å². The number of likely N-dealkylation sites (N-methyl/N-ethyl adjacent to an activating group) is 1. The number of aromatic hydroxyl groups is 2. The van der Waals surface area contributed by atoms with Crippen LogP contribution in [0.15, 0.2) is 73.3 Å². The summed E-state index contributed by atoms with van der Waals surface area (Å²) in [7, 11) is 2.19. The van der Waals surface area contributed by atoms with Crippen LogP contribution in [0, 0.1) is 13.8 Å². The standard InChI is InChI=1S/C34H39N7O3/c1-23-24(2)41(12-5-11-39-16-14-38(3)15-17-39)30-9-8-27(19-29(23)30)36-26-7-4-6-25(18-26)34(44)37-28-20-31(42)33(32(43)21-28)40-13-10-35-22-40/h4,6-10,13,18-22,36,42-43H,5,11-12,14-17H2,1-3H3,(H,37,44). The van der Waals surface area contributed by atoms with Crippen LogP contribution in [-0.4, -0.2) is 79.8 Å². The van der Waals surface area contributed by atoms with E-state index in [1.54, 1.807) is 24.5 Å². The van der Waals surface area contributed by atoms with E-state index in [4.69, 9.17) is 0 Å². The van der Waals surface area contributed by atoms with Crippen molar-refractivity contribution in [3.05, 3.63) is 90.1 Å². The van der Waals surface area contributed by atoms with Gasteiger partial charge in [-0.15, -0.1) is 0 Å². The molecular formula is C34H39N7O3. The highest BCUT2D eigenvalue weighted by Gasteiger charge is 2.17. The zero-order chi connectivity index (χ0) is 30.8. The Balaban J connectivity index is 1.13. The molecule has 1 amide bonds. The molecule has 5 aromatic rings. The molecule has 0 bridgehead atoms. The molecule has 0 unspecified atom stereocenters. The molecule has 0 spiro atoms.